The van der Waals surface area contributed by atoms with Crippen LogP contribution in [-0.4, -0.2) is 22.4 Å². The van der Waals surface area contributed by atoms with Gasteiger partial charge < -0.3 is 25.0 Å². The maximum Gasteiger partial charge on any atom is 0.143 e. The number of methoxy groups -OCH3 is 1. The summed E-state index contributed by atoms with van der Waals surface area (Å²) in [4.78, 5) is 1.80. The van der Waals surface area contributed by atoms with E-state index in [-0.39, 0.29) is 17.2 Å². The largest absolute Gasteiger partial charge is 0.508 e. The number of rotatable bonds is 7. The van der Waals surface area contributed by atoms with Crippen LogP contribution in [0.25, 0.3) is 44.2 Å². The van der Waals surface area contributed by atoms with E-state index >= 15 is 0 Å². The molecule has 7 aromatic carbocycles. The number of phenolic OH excluding ortho intramolecular Hbond substituents is 3. The number of hydrogen-bond acceptors (Lipinski definition) is 5. The Morgan fingerprint density at radius 3 is 1.81 bits per heavy atom. The van der Waals surface area contributed by atoms with E-state index in [1.165, 1.54) is 28.5 Å². The normalized spacial score (nSPS) is 11.1. The van der Waals surface area contributed by atoms with E-state index in [1.807, 2.05) is 24.3 Å². The van der Waals surface area contributed by atoms with Gasteiger partial charge in [-0.05, 0) is 93.4 Å². The third kappa shape index (κ3) is 5.56. The molecule has 0 spiro atoms. The zero-order chi connectivity index (χ0) is 33.4. The fraction of sp³-hybridized carbons (Fsp3) is 0.0698. The van der Waals surface area contributed by atoms with E-state index in [0.717, 1.165) is 27.8 Å². The standard InChI is InChI=1S/C43H35NO4/c1-27-22-42(47)38(25-40(27)45)44(39-26-41(46)28(2)23-43(39)48-3)33-20-21-36(37(24-33)30-10-5-4-6-11-30)32-18-16-31(17-19-32)35-15-9-13-29-12-7-8-14-34(29)35/h4-26,45-47H,1-3H3. The Morgan fingerprint density at radius 2 is 1.08 bits per heavy atom. The van der Waals surface area contributed by atoms with Gasteiger partial charge in [-0.25, -0.2) is 0 Å². The van der Waals surface area contributed by atoms with Crippen LogP contribution in [0.15, 0.2) is 140 Å². The van der Waals surface area contributed by atoms with Gasteiger partial charge >= 0.3 is 0 Å². The van der Waals surface area contributed by atoms with Crippen LogP contribution in [0.4, 0.5) is 17.1 Å². The molecule has 0 aromatic heterocycles. The molecule has 0 saturated heterocycles. The average molecular weight is 630 g/mol. The van der Waals surface area contributed by atoms with Gasteiger partial charge in [0.25, 0.3) is 0 Å². The van der Waals surface area contributed by atoms with Crippen LogP contribution in [-0.2, 0) is 0 Å². The molecule has 5 heteroatoms. The SMILES string of the molecule is COc1cc(C)c(O)cc1N(c1ccc(-c2ccc(-c3cccc4ccccc34)cc2)c(-c2ccccc2)c1)c1cc(O)c(C)cc1O. The molecule has 3 N–H and O–H groups in total. The van der Waals surface area contributed by atoms with Crippen LogP contribution in [0.1, 0.15) is 11.1 Å². The number of anilines is 3. The van der Waals surface area contributed by atoms with Crippen molar-refractivity contribution in [1.82, 2.24) is 0 Å². The van der Waals surface area contributed by atoms with Crippen LogP contribution in [0, 0.1) is 13.8 Å². The lowest BCUT2D eigenvalue weighted by Gasteiger charge is -2.29. The molecule has 0 fully saturated rings. The van der Waals surface area contributed by atoms with Crippen LogP contribution in [0.3, 0.4) is 0 Å². The number of benzene rings is 7. The molecule has 0 aliphatic rings. The summed E-state index contributed by atoms with van der Waals surface area (Å²) in [5, 5.41) is 35.3. The molecule has 0 amide bonds. The number of fused-ring (bicyclic) bond motifs is 1. The minimum absolute atomic E-state index is 0.0261. The van der Waals surface area contributed by atoms with Crippen LogP contribution >= 0.6 is 0 Å². The molecule has 236 valence electrons. The highest BCUT2D eigenvalue weighted by Crippen LogP contribution is 2.49. The highest BCUT2D eigenvalue weighted by molar-refractivity contribution is 5.97. The molecule has 0 radical (unpaired) electrons. The molecule has 0 bridgehead atoms. The quantitative estimate of drug-likeness (QED) is 0.153. The molecule has 5 nitrogen and oxygen atoms in total. The lowest BCUT2D eigenvalue weighted by atomic mass is 9.91. The van der Waals surface area contributed by atoms with Gasteiger partial charge in [0.15, 0.2) is 0 Å². The van der Waals surface area contributed by atoms with Crippen molar-refractivity contribution >= 4 is 27.8 Å². The first-order chi connectivity index (χ1) is 23.3. The Kier molecular flexibility index (Phi) is 7.95. The molecule has 0 aliphatic carbocycles. The second-order valence-electron chi connectivity index (χ2n) is 12.0. The predicted molar refractivity (Wildman–Crippen MR) is 196 cm³/mol. The highest BCUT2D eigenvalue weighted by atomic mass is 16.5. The Morgan fingerprint density at radius 1 is 0.479 bits per heavy atom. The van der Waals surface area contributed by atoms with Crippen LogP contribution < -0.4 is 9.64 Å². The smallest absolute Gasteiger partial charge is 0.143 e. The first-order valence-electron chi connectivity index (χ1n) is 15.8. The van der Waals surface area contributed by atoms with E-state index in [2.05, 4.69) is 91.0 Å². The summed E-state index contributed by atoms with van der Waals surface area (Å²) >= 11 is 0. The third-order valence-corrected chi connectivity index (χ3v) is 8.92. The number of nitrogens with zero attached hydrogens (tertiary/aromatic N) is 1. The van der Waals surface area contributed by atoms with Crippen molar-refractivity contribution < 1.29 is 20.1 Å². The maximum absolute atomic E-state index is 11.2. The van der Waals surface area contributed by atoms with Gasteiger partial charge in [0.2, 0.25) is 0 Å². The average Bonchev–Trinajstić information content (AvgIpc) is 3.12. The summed E-state index contributed by atoms with van der Waals surface area (Å²) in [5.41, 5.74) is 9.14. The Balaban J connectivity index is 1.41. The van der Waals surface area contributed by atoms with E-state index in [4.69, 9.17) is 4.74 Å². The number of aromatic hydroxyl groups is 3. The molecule has 0 heterocycles. The number of ether oxygens (including phenoxy) is 1. The predicted octanol–water partition coefficient (Wildman–Crippen LogP) is 11.1. The zero-order valence-electron chi connectivity index (χ0n) is 27.0. The summed E-state index contributed by atoms with van der Waals surface area (Å²) in [6.07, 6.45) is 0. The van der Waals surface area contributed by atoms with Crippen molar-refractivity contribution in [2.24, 2.45) is 0 Å². The molecule has 0 unspecified atom stereocenters. The van der Waals surface area contributed by atoms with Crippen molar-refractivity contribution in [3.8, 4) is 56.4 Å². The van der Waals surface area contributed by atoms with Gasteiger partial charge in [-0.2, -0.15) is 0 Å². The van der Waals surface area contributed by atoms with Gasteiger partial charge in [0.05, 0.1) is 18.5 Å². The summed E-state index contributed by atoms with van der Waals surface area (Å²) in [7, 11) is 1.57. The van der Waals surface area contributed by atoms with Crippen molar-refractivity contribution in [2.45, 2.75) is 13.8 Å². The molecule has 0 saturated carbocycles. The van der Waals surface area contributed by atoms with Crippen molar-refractivity contribution in [2.75, 3.05) is 12.0 Å². The summed E-state index contributed by atoms with van der Waals surface area (Å²) in [6, 6.07) is 46.2. The molecular formula is C43H35NO4. The Labute approximate surface area is 280 Å². The first kappa shape index (κ1) is 30.5. The Hall–Kier alpha value is -6.20. The topological polar surface area (TPSA) is 73.2 Å². The second-order valence-corrected chi connectivity index (χ2v) is 12.0. The van der Waals surface area contributed by atoms with Gasteiger partial charge in [0, 0.05) is 17.8 Å². The number of hydrogen-bond donors (Lipinski definition) is 3. The van der Waals surface area contributed by atoms with Gasteiger partial charge in [-0.3, -0.25) is 0 Å². The number of aryl methyl sites for hydroxylation is 2. The van der Waals surface area contributed by atoms with Gasteiger partial charge in [-0.15, -0.1) is 0 Å². The van der Waals surface area contributed by atoms with Crippen molar-refractivity contribution in [1.29, 1.82) is 0 Å². The fourth-order valence-electron chi connectivity index (χ4n) is 6.34. The molecule has 7 aromatic rings. The molecule has 0 aliphatic heterocycles. The number of phenols is 3. The van der Waals surface area contributed by atoms with E-state index in [9.17, 15) is 15.3 Å². The summed E-state index contributed by atoms with van der Waals surface area (Å²) < 4.78 is 5.78. The van der Waals surface area contributed by atoms with Crippen LogP contribution in [0.2, 0.25) is 0 Å². The lowest BCUT2D eigenvalue weighted by Crippen LogP contribution is -2.12. The van der Waals surface area contributed by atoms with E-state index < -0.39 is 0 Å². The Bertz CT molecular complexity index is 2270. The fourth-order valence-corrected chi connectivity index (χ4v) is 6.34. The summed E-state index contributed by atoms with van der Waals surface area (Å²) in [6.45, 7) is 3.53. The van der Waals surface area contributed by atoms with E-state index in [0.29, 0.717) is 33.9 Å². The molecular weight excluding hydrogens is 594 g/mol. The van der Waals surface area contributed by atoms with E-state index in [1.54, 1.807) is 38.0 Å². The zero-order valence-corrected chi connectivity index (χ0v) is 27.0. The maximum atomic E-state index is 11.2. The second kappa shape index (κ2) is 12.5. The monoisotopic (exact) mass is 629 g/mol. The molecule has 7 rings (SSSR count). The minimum atomic E-state index is -0.0261. The highest BCUT2D eigenvalue weighted by Gasteiger charge is 2.24. The van der Waals surface area contributed by atoms with Crippen molar-refractivity contribution in [3.05, 3.63) is 151 Å². The molecule has 48 heavy (non-hydrogen) atoms. The van der Waals surface area contributed by atoms with Crippen LogP contribution in [0.5, 0.6) is 23.0 Å². The van der Waals surface area contributed by atoms with Gasteiger partial charge in [0.1, 0.15) is 23.0 Å². The molecule has 0 atom stereocenters. The minimum Gasteiger partial charge on any atom is -0.508 e. The first-order valence-corrected chi connectivity index (χ1v) is 15.8. The summed E-state index contributed by atoms with van der Waals surface area (Å²) in [5.74, 6) is 0.591. The van der Waals surface area contributed by atoms with Gasteiger partial charge in [-0.1, -0.05) is 103 Å². The third-order valence-electron chi connectivity index (χ3n) is 8.92. The van der Waals surface area contributed by atoms with Crippen molar-refractivity contribution in [3.63, 3.8) is 0 Å². The lowest BCUT2D eigenvalue weighted by molar-refractivity contribution is 0.412.